The number of hydrogen-bond acceptors (Lipinski definition) is 5. The summed E-state index contributed by atoms with van der Waals surface area (Å²) in [5.74, 6) is -1.76. The number of likely N-dealkylation sites (tertiary alicyclic amines) is 1. The summed E-state index contributed by atoms with van der Waals surface area (Å²) >= 11 is 12.2. The van der Waals surface area contributed by atoms with Gasteiger partial charge >= 0.3 is 0 Å². The highest BCUT2D eigenvalue weighted by Crippen LogP contribution is 2.41. The number of benzene rings is 2. The highest BCUT2D eigenvalue weighted by molar-refractivity contribution is 6.46. The number of carbonyl (C=O) groups is 2. The number of carbonyl (C=O) groups excluding carboxylic acids is 2. The molecule has 6 nitrogen and oxygen atoms in total. The topological polar surface area (TPSA) is 73.7 Å². The van der Waals surface area contributed by atoms with E-state index in [0.717, 1.165) is 18.8 Å². The fourth-order valence-electron chi connectivity index (χ4n) is 4.31. The molecule has 0 aliphatic carbocycles. The first-order valence-electron chi connectivity index (χ1n) is 11.3. The standard InChI is InChI=1S/C27H25Cl2N3O3/c1-3-31(4-2)20-11-8-17(9-12-20)24-23(25(33)18-10-13-21(28)22(29)15-18)26(34)27(35)32(24)16-19-7-5-6-14-30-19/h5-15,24,33H,3-4,16H2,1-2H3/b25-23-. The van der Waals surface area contributed by atoms with Gasteiger partial charge in [0.25, 0.3) is 11.7 Å². The van der Waals surface area contributed by atoms with Gasteiger partial charge in [0.2, 0.25) is 0 Å². The molecule has 35 heavy (non-hydrogen) atoms. The lowest BCUT2D eigenvalue weighted by Gasteiger charge is -2.26. The first-order chi connectivity index (χ1) is 16.8. The number of rotatable bonds is 7. The minimum Gasteiger partial charge on any atom is -0.507 e. The number of halogens is 2. The molecule has 4 rings (SSSR count). The van der Waals surface area contributed by atoms with Crippen molar-refractivity contribution in [2.75, 3.05) is 18.0 Å². The third-order valence-electron chi connectivity index (χ3n) is 6.13. The Morgan fingerprint density at radius 1 is 1.00 bits per heavy atom. The highest BCUT2D eigenvalue weighted by Gasteiger charge is 2.46. The molecule has 1 N–H and O–H groups in total. The molecule has 1 aliphatic heterocycles. The second-order valence-electron chi connectivity index (χ2n) is 8.14. The van der Waals surface area contributed by atoms with E-state index in [1.807, 2.05) is 30.3 Å². The molecule has 1 amide bonds. The van der Waals surface area contributed by atoms with E-state index in [1.54, 1.807) is 24.4 Å². The summed E-state index contributed by atoms with van der Waals surface area (Å²) in [6.45, 7) is 5.98. The lowest BCUT2D eigenvalue weighted by molar-refractivity contribution is -0.140. The molecule has 0 radical (unpaired) electrons. The molecule has 1 unspecified atom stereocenters. The van der Waals surface area contributed by atoms with Crippen molar-refractivity contribution in [2.45, 2.75) is 26.4 Å². The molecule has 1 aromatic heterocycles. The van der Waals surface area contributed by atoms with E-state index in [-0.39, 0.29) is 22.9 Å². The van der Waals surface area contributed by atoms with Crippen molar-refractivity contribution in [1.29, 1.82) is 0 Å². The van der Waals surface area contributed by atoms with Gasteiger partial charge in [-0.1, -0.05) is 41.4 Å². The van der Waals surface area contributed by atoms with Gasteiger partial charge in [-0.3, -0.25) is 14.6 Å². The van der Waals surface area contributed by atoms with Gasteiger partial charge in [-0.15, -0.1) is 0 Å². The molecule has 1 saturated heterocycles. The van der Waals surface area contributed by atoms with Crippen molar-refractivity contribution in [3.05, 3.63) is 99.3 Å². The molecular formula is C27H25Cl2N3O3. The fraction of sp³-hybridized carbons (Fsp3) is 0.222. The van der Waals surface area contributed by atoms with Crippen molar-refractivity contribution < 1.29 is 14.7 Å². The van der Waals surface area contributed by atoms with E-state index in [9.17, 15) is 14.7 Å². The minimum atomic E-state index is -0.794. The third-order valence-corrected chi connectivity index (χ3v) is 6.87. The number of aromatic nitrogens is 1. The van der Waals surface area contributed by atoms with Gasteiger partial charge in [0, 0.05) is 30.5 Å². The normalized spacial score (nSPS) is 17.1. The van der Waals surface area contributed by atoms with Crippen molar-refractivity contribution in [2.24, 2.45) is 0 Å². The number of aliphatic hydroxyl groups excluding tert-OH is 1. The Bertz CT molecular complexity index is 1270. The SMILES string of the molecule is CCN(CC)c1ccc(C2/C(=C(/O)c3ccc(Cl)c(Cl)c3)C(=O)C(=O)N2Cc2ccccn2)cc1. The van der Waals surface area contributed by atoms with E-state index in [0.29, 0.717) is 21.8 Å². The van der Waals surface area contributed by atoms with Crippen LogP contribution in [0, 0.1) is 0 Å². The number of ketones is 1. The van der Waals surface area contributed by atoms with Crippen LogP contribution >= 0.6 is 23.2 Å². The summed E-state index contributed by atoms with van der Waals surface area (Å²) < 4.78 is 0. The average molecular weight is 510 g/mol. The van der Waals surface area contributed by atoms with E-state index >= 15 is 0 Å². The van der Waals surface area contributed by atoms with Gasteiger partial charge in [-0.05, 0) is 61.9 Å². The maximum absolute atomic E-state index is 13.2. The van der Waals surface area contributed by atoms with Gasteiger partial charge in [-0.25, -0.2) is 0 Å². The Morgan fingerprint density at radius 2 is 1.71 bits per heavy atom. The number of anilines is 1. The molecule has 2 aromatic carbocycles. The number of aliphatic hydroxyl groups is 1. The minimum absolute atomic E-state index is 0.0000839. The van der Waals surface area contributed by atoms with Gasteiger partial charge in [0.1, 0.15) is 5.76 Å². The average Bonchev–Trinajstić information content (AvgIpc) is 3.12. The molecule has 180 valence electrons. The van der Waals surface area contributed by atoms with Crippen molar-refractivity contribution in [3.63, 3.8) is 0 Å². The highest BCUT2D eigenvalue weighted by atomic mass is 35.5. The molecular weight excluding hydrogens is 485 g/mol. The molecule has 3 aromatic rings. The number of Topliss-reactive ketones (excluding diaryl/α,β-unsaturated/α-hetero) is 1. The van der Waals surface area contributed by atoms with Gasteiger partial charge in [0.05, 0.1) is 33.9 Å². The predicted molar refractivity (Wildman–Crippen MR) is 139 cm³/mol. The summed E-state index contributed by atoms with van der Waals surface area (Å²) in [5.41, 5.74) is 2.68. The van der Waals surface area contributed by atoms with Crippen LogP contribution in [-0.2, 0) is 16.1 Å². The van der Waals surface area contributed by atoms with Crippen LogP contribution in [-0.4, -0.2) is 39.8 Å². The molecule has 0 spiro atoms. The Morgan fingerprint density at radius 3 is 2.31 bits per heavy atom. The second-order valence-corrected chi connectivity index (χ2v) is 8.96. The molecule has 0 bridgehead atoms. The molecule has 1 aliphatic rings. The van der Waals surface area contributed by atoms with Crippen LogP contribution in [0.1, 0.15) is 36.7 Å². The first-order valence-corrected chi connectivity index (χ1v) is 12.1. The van der Waals surface area contributed by atoms with Crippen molar-refractivity contribution in [3.8, 4) is 0 Å². The molecule has 1 atom stereocenters. The van der Waals surface area contributed by atoms with Crippen LogP contribution in [0.5, 0.6) is 0 Å². The Kier molecular flexibility index (Phi) is 7.43. The van der Waals surface area contributed by atoms with E-state index in [4.69, 9.17) is 23.2 Å². The fourth-order valence-corrected chi connectivity index (χ4v) is 4.61. The van der Waals surface area contributed by atoms with Crippen molar-refractivity contribution in [1.82, 2.24) is 9.88 Å². The quantitative estimate of drug-likeness (QED) is 0.245. The second kappa shape index (κ2) is 10.5. The van der Waals surface area contributed by atoms with E-state index in [1.165, 1.54) is 17.0 Å². The zero-order valence-electron chi connectivity index (χ0n) is 19.4. The zero-order chi connectivity index (χ0) is 25.1. The molecule has 0 saturated carbocycles. The van der Waals surface area contributed by atoms with Gasteiger partial charge in [0.15, 0.2) is 0 Å². The maximum atomic E-state index is 13.2. The Balaban J connectivity index is 1.84. The summed E-state index contributed by atoms with van der Waals surface area (Å²) in [5, 5.41) is 11.8. The van der Waals surface area contributed by atoms with Crippen LogP contribution in [0.4, 0.5) is 5.69 Å². The third kappa shape index (κ3) is 4.90. The van der Waals surface area contributed by atoms with Gasteiger partial charge < -0.3 is 14.9 Å². The van der Waals surface area contributed by atoms with Crippen LogP contribution in [0.3, 0.4) is 0 Å². The van der Waals surface area contributed by atoms with E-state index < -0.39 is 17.7 Å². The lowest BCUT2D eigenvalue weighted by atomic mass is 9.95. The number of hydrogen-bond donors (Lipinski definition) is 1. The Labute approximate surface area is 214 Å². The van der Waals surface area contributed by atoms with Crippen LogP contribution in [0.2, 0.25) is 10.0 Å². The molecule has 8 heteroatoms. The Hall–Kier alpha value is -3.35. The van der Waals surface area contributed by atoms with Crippen LogP contribution < -0.4 is 4.90 Å². The first kappa shape index (κ1) is 24.8. The zero-order valence-corrected chi connectivity index (χ0v) is 20.9. The smallest absolute Gasteiger partial charge is 0.296 e. The maximum Gasteiger partial charge on any atom is 0.296 e. The van der Waals surface area contributed by atoms with Crippen LogP contribution in [0.25, 0.3) is 5.76 Å². The summed E-state index contributed by atoms with van der Waals surface area (Å²) in [7, 11) is 0. The summed E-state index contributed by atoms with van der Waals surface area (Å²) in [4.78, 5) is 34.4. The summed E-state index contributed by atoms with van der Waals surface area (Å²) in [6, 6.07) is 16.9. The number of amides is 1. The van der Waals surface area contributed by atoms with Crippen LogP contribution in [0.15, 0.2) is 72.4 Å². The lowest BCUT2D eigenvalue weighted by Crippen LogP contribution is -2.29. The molecule has 1 fully saturated rings. The largest absolute Gasteiger partial charge is 0.507 e. The number of pyridine rings is 1. The molecule has 2 heterocycles. The monoisotopic (exact) mass is 509 g/mol. The summed E-state index contributed by atoms with van der Waals surface area (Å²) in [6.07, 6.45) is 1.63. The number of nitrogens with zero attached hydrogens (tertiary/aromatic N) is 3. The van der Waals surface area contributed by atoms with E-state index in [2.05, 4.69) is 23.7 Å². The van der Waals surface area contributed by atoms with Crippen molar-refractivity contribution >= 4 is 46.3 Å². The van der Waals surface area contributed by atoms with Gasteiger partial charge in [-0.2, -0.15) is 0 Å². The predicted octanol–water partition coefficient (Wildman–Crippen LogP) is 5.86.